The van der Waals surface area contributed by atoms with Gasteiger partial charge in [0.05, 0.1) is 17.8 Å². The van der Waals surface area contributed by atoms with E-state index in [0.29, 0.717) is 16.9 Å². The number of phenols is 1. The molecule has 19 heavy (non-hydrogen) atoms. The molecule has 2 aromatic carbocycles. The van der Waals surface area contributed by atoms with E-state index in [0.717, 1.165) is 5.56 Å². The summed E-state index contributed by atoms with van der Waals surface area (Å²) < 4.78 is 0. The van der Waals surface area contributed by atoms with Gasteiger partial charge in [-0.2, -0.15) is 0 Å². The van der Waals surface area contributed by atoms with Gasteiger partial charge in [0.25, 0.3) is 0 Å². The number of phenolic OH excluding ortho intramolecular Hbond substituents is 1. The Bertz CT molecular complexity index is 609. The maximum atomic E-state index is 11.9. The summed E-state index contributed by atoms with van der Waals surface area (Å²) in [6, 6.07) is 12.2. The smallest absolute Gasteiger partial charge is 0.228 e. The van der Waals surface area contributed by atoms with Gasteiger partial charge in [-0.05, 0) is 30.7 Å². The lowest BCUT2D eigenvalue weighted by Crippen LogP contribution is -2.15. The number of aryl methyl sites for hydroxylation is 1. The largest absolute Gasteiger partial charge is 0.508 e. The van der Waals surface area contributed by atoms with Crippen molar-refractivity contribution in [2.24, 2.45) is 0 Å². The van der Waals surface area contributed by atoms with Gasteiger partial charge in [0.1, 0.15) is 5.75 Å². The van der Waals surface area contributed by atoms with Crippen LogP contribution in [0, 0.1) is 6.92 Å². The van der Waals surface area contributed by atoms with Crippen molar-refractivity contribution < 1.29 is 9.90 Å². The van der Waals surface area contributed by atoms with Crippen LogP contribution in [0.3, 0.4) is 0 Å². The van der Waals surface area contributed by atoms with Gasteiger partial charge in [-0.1, -0.05) is 24.3 Å². The predicted molar refractivity (Wildman–Crippen MR) is 76.0 cm³/mol. The second kappa shape index (κ2) is 5.44. The molecule has 0 saturated heterocycles. The maximum Gasteiger partial charge on any atom is 0.228 e. The van der Waals surface area contributed by atoms with Crippen LogP contribution in [0.2, 0.25) is 0 Å². The molecule has 0 aliphatic heterocycles. The molecular formula is C15H16N2O2. The number of nitrogens with one attached hydrogen (secondary N) is 1. The van der Waals surface area contributed by atoms with E-state index in [1.54, 1.807) is 36.4 Å². The van der Waals surface area contributed by atoms with Crippen molar-refractivity contribution in [1.82, 2.24) is 0 Å². The van der Waals surface area contributed by atoms with Crippen molar-refractivity contribution in [3.8, 4) is 5.75 Å². The average molecular weight is 256 g/mol. The van der Waals surface area contributed by atoms with Gasteiger partial charge in [-0.3, -0.25) is 4.79 Å². The van der Waals surface area contributed by atoms with Crippen LogP contribution < -0.4 is 11.1 Å². The second-order valence-electron chi connectivity index (χ2n) is 4.44. The van der Waals surface area contributed by atoms with Crippen molar-refractivity contribution in [2.45, 2.75) is 13.3 Å². The minimum Gasteiger partial charge on any atom is -0.508 e. The molecule has 4 N–H and O–H groups in total. The molecule has 2 rings (SSSR count). The lowest BCUT2D eigenvalue weighted by molar-refractivity contribution is -0.115. The number of nitrogens with two attached hydrogens (primary N) is 1. The highest BCUT2D eigenvalue weighted by atomic mass is 16.3. The molecule has 4 heteroatoms. The van der Waals surface area contributed by atoms with Crippen LogP contribution in [0.25, 0.3) is 0 Å². The molecule has 0 radical (unpaired) electrons. The average Bonchev–Trinajstić information content (AvgIpc) is 2.36. The van der Waals surface area contributed by atoms with E-state index in [4.69, 9.17) is 5.73 Å². The van der Waals surface area contributed by atoms with Crippen LogP contribution in [0.1, 0.15) is 11.1 Å². The Kier molecular flexibility index (Phi) is 3.71. The van der Waals surface area contributed by atoms with Crippen molar-refractivity contribution in [2.75, 3.05) is 11.1 Å². The zero-order valence-corrected chi connectivity index (χ0v) is 10.7. The summed E-state index contributed by atoms with van der Waals surface area (Å²) in [6.07, 6.45) is 0.111. The summed E-state index contributed by atoms with van der Waals surface area (Å²) in [5.74, 6) is -0.0911. The van der Waals surface area contributed by atoms with Gasteiger partial charge in [-0.25, -0.2) is 0 Å². The molecule has 0 aliphatic carbocycles. The fourth-order valence-electron chi connectivity index (χ4n) is 1.82. The van der Waals surface area contributed by atoms with Gasteiger partial charge in [0.15, 0.2) is 0 Å². The maximum absolute atomic E-state index is 11.9. The van der Waals surface area contributed by atoms with E-state index in [2.05, 4.69) is 5.32 Å². The molecule has 0 aliphatic rings. The lowest BCUT2D eigenvalue weighted by Gasteiger charge is -2.09. The summed E-state index contributed by atoms with van der Waals surface area (Å²) in [6.45, 7) is 1.93. The first kappa shape index (κ1) is 13.0. The Balaban J connectivity index is 2.08. The van der Waals surface area contributed by atoms with Crippen LogP contribution in [0.15, 0.2) is 42.5 Å². The van der Waals surface area contributed by atoms with Gasteiger partial charge in [0, 0.05) is 5.56 Å². The fourth-order valence-corrected chi connectivity index (χ4v) is 1.82. The van der Waals surface area contributed by atoms with Crippen molar-refractivity contribution >= 4 is 17.3 Å². The minimum atomic E-state index is -0.211. The van der Waals surface area contributed by atoms with E-state index < -0.39 is 0 Å². The molecule has 0 atom stereocenters. The molecule has 0 fully saturated rings. The molecule has 0 unspecified atom stereocenters. The zero-order valence-electron chi connectivity index (χ0n) is 10.7. The number of para-hydroxylation sites is 1. The Labute approximate surface area is 111 Å². The quantitative estimate of drug-likeness (QED) is 0.738. The normalized spacial score (nSPS) is 10.2. The third-order valence-electron chi connectivity index (χ3n) is 2.82. The Morgan fingerprint density at radius 3 is 2.68 bits per heavy atom. The second-order valence-corrected chi connectivity index (χ2v) is 4.44. The first-order chi connectivity index (χ1) is 9.06. The van der Waals surface area contributed by atoms with Gasteiger partial charge < -0.3 is 16.2 Å². The molecule has 2 aromatic rings. The van der Waals surface area contributed by atoms with Gasteiger partial charge >= 0.3 is 0 Å². The fraction of sp³-hybridized carbons (Fsp3) is 0.133. The topological polar surface area (TPSA) is 75.3 Å². The van der Waals surface area contributed by atoms with E-state index in [9.17, 15) is 9.90 Å². The summed E-state index contributed by atoms with van der Waals surface area (Å²) in [5, 5.41) is 12.3. The molecule has 98 valence electrons. The van der Waals surface area contributed by atoms with Gasteiger partial charge in [0.2, 0.25) is 5.91 Å². The number of amides is 1. The molecular weight excluding hydrogens is 240 g/mol. The Morgan fingerprint density at radius 1 is 1.26 bits per heavy atom. The summed E-state index contributed by atoms with van der Waals surface area (Å²) >= 11 is 0. The highest BCUT2D eigenvalue weighted by Gasteiger charge is 2.09. The van der Waals surface area contributed by atoms with E-state index in [-0.39, 0.29) is 18.1 Å². The van der Waals surface area contributed by atoms with Crippen LogP contribution in [-0.4, -0.2) is 11.0 Å². The summed E-state index contributed by atoms with van der Waals surface area (Å²) in [4.78, 5) is 11.9. The first-order valence-electron chi connectivity index (χ1n) is 5.99. The number of benzene rings is 2. The van der Waals surface area contributed by atoms with E-state index >= 15 is 0 Å². The monoisotopic (exact) mass is 256 g/mol. The molecule has 0 bridgehead atoms. The third-order valence-corrected chi connectivity index (χ3v) is 2.82. The summed E-state index contributed by atoms with van der Waals surface area (Å²) in [5.41, 5.74) is 8.58. The molecule has 4 nitrogen and oxygen atoms in total. The van der Waals surface area contributed by atoms with E-state index in [1.165, 1.54) is 0 Å². The first-order valence-corrected chi connectivity index (χ1v) is 5.99. The van der Waals surface area contributed by atoms with Crippen molar-refractivity contribution in [1.29, 1.82) is 0 Å². The molecule has 0 saturated carbocycles. The lowest BCUT2D eigenvalue weighted by atomic mass is 10.1. The highest BCUT2D eigenvalue weighted by Crippen LogP contribution is 2.21. The number of aromatic hydroxyl groups is 1. The molecule has 1 amide bonds. The Morgan fingerprint density at radius 2 is 2.00 bits per heavy atom. The number of hydrogen-bond acceptors (Lipinski definition) is 3. The van der Waals surface area contributed by atoms with Crippen LogP contribution in [0.4, 0.5) is 11.4 Å². The van der Waals surface area contributed by atoms with Crippen LogP contribution in [-0.2, 0) is 11.2 Å². The molecule has 0 spiro atoms. The standard InChI is InChI=1S/C15H16N2O2/c1-10-6-7-13(12(16)8-10)17-15(19)9-11-4-2-3-5-14(11)18/h2-8,18H,9,16H2,1H3,(H,17,19). The predicted octanol–water partition coefficient (Wildman–Crippen LogP) is 2.46. The minimum absolute atomic E-state index is 0.111. The Hall–Kier alpha value is -2.49. The highest BCUT2D eigenvalue weighted by molar-refractivity contribution is 5.95. The molecule has 0 heterocycles. The number of carbonyl (C=O) groups excluding carboxylic acids is 1. The zero-order chi connectivity index (χ0) is 13.8. The number of nitrogen functional groups attached to an aromatic ring is 1. The number of anilines is 2. The van der Waals surface area contributed by atoms with Crippen molar-refractivity contribution in [3.05, 3.63) is 53.6 Å². The number of rotatable bonds is 3. The van der Waals surface area contributed by atoms with Crippen LogP contribution in [0.5, 0.6) is 5.75 Å². The van der Waals surface area contributed by atoms with Gasteiger partial charge in [-0.15, -0.1) is 0 Å². The van der Waals surface area contributed by atoms with Crippen molar-refractivity contribution in [3.63, 3.8) is 0 Å². The SMILES string of the molecule is Cc1ccc(NC(=O)Cc2ccccc2O)c(N)c1. The number of hydrogen-bond donors (Lipinski definition) is 3. The number of carbonyl (C=O) groups is 1. The third kappa shape index (κ3) is 3.25. The molecule has 0 aromatic heterocycles. The summed E-state index contributed by atoms with van der Waals surface area (Å²) in [7, 11) is 0. The van der Waals surface area contributed by atoms with Crippen LogP contribution >= 0.6 is 0 Å². The van der Waals surface area contributed by atoms with E-state index in [1.807, 2.05) is 13.0 Å².